The van der Waals surface area contributed by atoms with Crippen molar-refractivity contribution in [1.29, 1.82) is 0 Å². The number of H-pyrrole nitrogens is 1. The maximum atomic E-state index is 12.1. The summed E-state index contributed by atoms with van der Waals surface area (Å²) in [6, 6.07) is 7.07. The number of imidazole rings is 1. The largest absolute Gasteiger partial charge is 0.384 e. The first kappa shape index (κ1) is 13.8. The molecule has 0 fully saturated rings. The van der Waals surface area contributed by atoms with Crippen LogP contribution in [0.15, 0.2) is 36.8 Å². The van der Waals surface area contributed by atoms with Gasteiger partial charge in [-0.3, -0.25) is 4.79 Å². The van der Waals surface area contributed by atoms with E-state index >= 15 is 0 Å². The lowest BCUT2D eigenvalue weighted by molar-refractivity contribution is 0.0954. The molecule has 0 saturated carbocycles. The second kappa shape index (κ2) is 7.12. The van der Waals surface area contributed by atoms with Crippen molar-refractivity contribution >= 4 is 5.91 Å². The van der Waals surface area contributed by atoms with Crippen LogP contribution in [0.25, 0.3) is 0 Å². The lowest BCUT2D eigenvalue weighted by Crippen LogP contribution is -2.26. The van der Waals surface area contributed by atoms with Gasteiger partial charge in [-0.2, -0.15) is 0 Å². The Labute approximate surface area is 117 Å². The van der Waals surface area contributed by atoms with Crippen LogP contribution in [0.3, 0.4) is 0 Å². The Kier molecular flexibility index (Phi) is 4.93. The Bertz CT molecular complexity index is 624. The average Bonchev–Trinajstić information content (AvgIpc) is 2.98. The first-order valence-electron chi connectivity index (χ1n) is 6.25. The number of aromatic nitrogens is 2. The molecule has 2 aromatic rings. The average molecular weight is 269 g/mol. The molecular formula is C15H15N3O2. The number of rotatable bonds is 4. The van der Waals surface area contributed by atoms with Gasteiger partial charge in [0.15, 0.2) is 0 Å². The van der Waals surface area contributed by atoms with E-state index in [2.05, 4.69) is 27.1 Å². The summed E-state index contributed by atoms with van der Waals surface area (Å²) in [6.07, 6.45) is 4.03. The summed E-state index contributed by atoms with van der Waals surface area (Å²) in [4.78, 5) is 19.0. The number of aromatic amines is 1. The van der Waals surface area contributed by atoms with E-state index < -0.39 is 0 Å². The number of aliphatic hydroxyl groups is 1. The predicted molar refractivity (Wildman–Crippen MR) is 75.0 cm³/mol. The van der Waals surface area contributed by atoms with E-state index in [9.17, 15) is 4.79 Å². The first-order chi connectivity index (χ1) is 9.81. The lowest BCUT2D eigenvalue weighted by Gasteiger charge is -2.06. The summed E-state index contributed by atoms with van der Waals surface area (Å²) in [7, 11) is 0. The van der Waals surface area contributed by atoms with Crippen molar-refractivity contribution in [1.82, 2.24) is 15.3 Å². The Morgan fingerprint density at radius 3 is 3.00 bits per heavy atom. The molecule has 0 unspecified atom stereocenters. The minimum atomic E-state index is -0.226. The van der Waals surface area contributed by atoms with Crippen LogP contribution in [0.4, 0.5) is 0 Å². The number of carbonyl (C=O) groups is 1. The summed E-state index contributed by atoms with van der Waals surface area (Å²) in [5.74, 6) is 5.15. The fourth-order valence-electron chi connectivity index (χ4n) is 1.75. The van der Waals surface area contributed by atoms with Crippen LogP contribution in [0.1, 0.15) is 21.6 Å². The molecule has 1 heterocycles. The van der Waals surface area contributed by atoms with E-state index in [0.29, 0.717) is 24.1 Å². The number of amides is 1. The summed E-state index contributed by atoms with van der Waals surface area (Å²) in [5, 5.41) is 11.6. The molecule has 5 heteroatoms. The van der Waals surface area contributed by atoms with Crippen LogP contribution in [0, 0.1) is 11.8 Å². The van der Waals surface area contributed by atoms with E-state index in [1.54, 1.807) is 30.7 Å². The van der Waals surface area contributed by atoms with Crippen molar-refractivity contribution in [2.75, 3.05) is 13.2 Å². The van der Waals surface area contributed by atoms with Gasteiger partial charge in [0, 0.05) is 30.4 Å². The number of carbonyl (C=O) groups excluding carboxylic acids is 1. The lowest BCUT2D eigenvalue weighted by atomic mass is 10.1. The Balaban J connectivity index is 1.98. The third-order valence-corrected chi connectivity index (χ3v) is 2.71. The highest BCUT2D eigenvalue weighted by atomic mass is 16.2. The molecule has 0 bridgehead atoms. The maximum Gasteiger partial charge on any atom is 0.252 e. The van der Waals surface area contributed by atoms with E-state index in [0.717, 1.165) is 5.69 Å². The fraction of sp³-hybridized carbons (Fsp3) is 0.200. The van der Waals surface area contributed by atoms with Gasteiger partial charge in [0.05, 0.1) is 11.9 Å². The first-order valence-corrected chi connectivity index (χ1v) is 6.25. The Hall–Kier alpha value is -2.58. The van der Waals surface area contributed by atoms with Crippen LogP contribution in [-0.2, 0) is 6.42 Å². The monoisotopic (exact) mass is 269 g/mol. The van der Waals surface area contributed by atoms with E-state index in [-0.39, 0.29) is 12.5 Å². The van der Waals surface area contributed by atoms with E-state index in [4.69, 9.17) is 5.11 Å². The summed E-state index contributed by atoms with van der Waals surface area (Å²) >= 11 is 0. The molecule has 1 aromatic heterocycles. The van der Waals surface area contributed by atoms with Crippen molar-refractivity contribution in [3.8, 4) is 11.8 Å². The quantitative estimate of drug-likeness (QED) is 0.716. The predicted octanol–water partition coefficient (Wildman–Crippen LogP) is 0.726. The maximum absolute atomic E-state index is 12.1. The molecule has 102 valence electrons. The molecular weight excluding hydrogens is 254 g/mol. The van der Waals surface area contributed by atoms with Gasteiger partial charge < -0.3 is 15.4 Å². The summed E-state index contributed by atoms with van der Waals surface area (Å²) in [6.45, 7) is 0.290. The molecule has 1 amide bonds. The number of hydrogen-bond donors (Lipinski definition) is 3. The highest BCUT2D eigenvalue weighted by Gasteiger charge is 2.08. The number of aliphatic hydroxyl groups excluding tert-OH is 1. The van der Waals surface area contributed by atoms with Gasteiger partial charge in [0.25, 0.3) is 5.91 Å². The van der Waals surface area contributed by atoms with Crippen LogP contribution >= 0.6 is 0 Å². The van der Waals surface area contributed by atoms with Crippen molar-refractivity contribution in [3.05, 3.63) is 53.6 Å². The SMILES string of the molecule is O=C(NCCc1cnc[nH]1)c1ccccc1C#CCO. The van der Waals surface area contributed by atoms with E-state index in [1.807, 2.05) is 6.07 Å². The highest BCUT2D eigenvalue weighted by molar-refractivity contribution is 5.96. The van der Waals surface area contributed by atoms with Gasteiger partial charge >= 0.3 is 0 Å². The molecule has 0 aliphatic rings. The van der Waals surface area contributed by atoms with Gasteiger partial charge in [-0.05, 0) is 12.1 Å². The molecule has 0 radical (unpaired) electrons. The number of hydrogen-bond acceptors (Lipinski definition) is 3. The van der Waals surface area contributed by atoms with Gasteiger partial charge in [0.1, 0.15) is 6.61 Å². The zero-order valence-electron chi connectivity index (χ0n) is 10.9. The minimum Gasteiger partial charge on any atom is -0.384 e. The van der Waals surface area contributed by atoms with Crippen molar-refractivity contribution in [2.24, 2.45) is 0 Å². The third-order valence-electron chi connectivity index (χ3n) is 2.71. The van der Waals surface area contributed by atoms with Crippen molar-refractivity contribution < 1.29 is 9.90 Å². The second-order valence-corrected chi connectivity index (χ2v) is 4.09. The molecule has 20 heavy (non-hydrogen) atoms. The molecule has 0 aliphatic heterocycles. The van der Waals surface area contributed by atoms with Gasteiger partial charge in [0.2, 0.25) is 0 Å². The molecule has 0 saturated heterocycles. The summed E-state index contributed by atoms with van der Waals surface area (Å²) in [5.41, 5.74) is 2.09. The number of nitrogens with zero attached hydrogens (tertiary/aromatic N) is 1. The van der Waals surface area contributed by atoms with Crippen LogP contribution in [0.2, 0.25) is 0 Å². The third kappa shape index (κ3) is 3.70. The van der Waals surface area contributed by atoms with Gasteiger partial charge in [-0.25, -0.2) is 4.98 Å². The smallest absolute Gasteiger partial charge is 0.252 e. The molecule has 0 aliphatic carbocycles. The molecule has 5 nitrogen and oxygen atoms in total. The van der Waals surface area contributed by atoms with Gasteiger partial charge in [-0.1, -0.05) is 24.0 Å². The van der Waals surface area contributed by atoms with Gasteiger partial charge in [-0.15, -0.1) is 0 Å². The number of nitrogens with one attached hydrogen (secondary N) is 2. The molecule has 3 N–H and O–H groups in total. The van der Waals surface area contributed by atoms with Crippen molar-refractivity contribution in [3.63, 3.8) is 0 Å². The normalized spacial score (nSPS) is 9.65. The molecule has 1 aromatic carbocycles. The van der Waals surface area contributed by atoms with Crippen molar-refractivity contribution in [2.45, 2.75) is 6.42 Å². The zero-order valence-corrected chi connectivity index (χ0v) is 10.9. The standard InChI is InChI=1S/C15H15N3O2/c19-9-3-5-12-4-1-2-6-14(12)15(20)17-8-7-13-10-16-11-18-13/h1-2,4,6,10-11,19H,7-9H2,(H,16,18)(H,17,20). The second-order valence-electron chi connectivity index (χ2n) is 4.09. The van der Waals surface area contributed by atoms with Crippen LogP contribution in [0.5, 0.6) is 0 Å². The van der Waals surface area contributed by atoms with Crippen LogP contribution in [-0.4, -0.2) is 34.1 Å². The molecule has 0 spiro atoms. The van der Waals surface area contributed by atoms with E-state index in [1.165, 1.54) is 0 Å². The Morgan fingerprint density at radius 2 is 2.25 bits per heavy atom. The molecule has 0 atom stereocenters. The minimum absolute atomic E-state index is 0.174. The number of benzene rings is 1. The highest BCUT2D eigenvalue weighted by Crippen LogP contribution is 2.07. The fourth-order valence-corrected chi connectivity index (χ4v) is 1.75. The zero-order chi connectivity index (χ0) is 14.2. The Morgan fingerprint density at radius 1 is 1.40 bits per heavy atom. The molecule has 2 rings (SSSR count). The summed E-state index contributed by atoms with van der Waals surface area (Å²) < 4.78 is 0. The topological polar surface area (TPSA) is 78.0 Å². The van der Waals surface area contributed by atoms with Crippen LogP contribution < -0.4 is 5.32 Å².